The fraction of sp³-hybridized carbons (Fsp3) is 0.412. The smallest absolute Gasteiger partial charge is 0.131 e. The molecule has 0 aliphatic carbocycles. The van der Waals surface area contributed by atoms with Gasteiger partial charge in [0.15, 0.2) is 0 Å². The van der Waals surface area contributed by atoms with Gasteiger partial charge in [-0.1, -0.05) is 72.2 Å². The second-order valence-corrected chi connectivity index (χ2v) is 11.0. The van der Waals surface area contributed by atoms with Gasteiger partial charge in [-0.3, -0.25) is 0 Å². The first-order valence-corrected chi connectivity index (χ1v) is 13.5. The van der Waals surface area contributed by atoms with Crippen LogP contribution < -0.4 is 4.74 Å². The molecule has 0 aliphatic heterocycles. The summed E-state index contributed by atoms with van der Waals surface area (Å²) in [4.78, 5) is 0. The third-order valence-electron chi connectivity index (χ3n) is 6.77. The van der Waals surface area contributed by atoms with Crippen molar-refractivity contribution in [2.75, 3.05) is 6.61 Å². The largest absolute Gasteiger partial charge is 0.507 e. The molecule has 0 spiro atoms. The van der Waals surface area contributed by atoms with Crippen molar-refractivity contribution in [3.63, 3.8) is 0 Å². The molecular formula is C34H44O2. The molecule has 0 unspecified atom stereocenters. The molecule has 0 heterocycles. The van der Waals surface area contributed by atoms with Crippen LogP contribution in [0.4, 0.5) is 0 Å². The fourth-order valence-electron chi connectivity index (χ4n) is 4.72. The minimum absolute atomic E-state index is 0.0100. The van der Waals surface area contributed by atoms with Gasteiger partial charge in [-0.05, 0) is 102 Å². The summed E-state index contributed by atoms with van der Waals surface area (Å²) in [5.74, 6) is 1.10. The molecule has 192 valence electrons. The van der Waals surface area contributed by atoms with Gasteiger partial charge < -0.3 is 9.84 Å². The zero-order valence-electron chi connectivity index (χ0n) is 23.4. The number of unbranched alkanes of at least 4 members (excludes halogenated alkanes) is 1. The maximum absolute atomic E-state index is 11.7. The van der Waals surface area contributed by atoms with Gasteiger partial charge in [0.1, 0.15) is 11.5 Å². The van der Waals surface area contributed by atoms with Gasteiger partial charge in [-0.2, -0.15) is 0 Å². The number of allylic oxidation sites excluding steroid dienone is 1. The summed E-state index contributed by atoms with van der Waals surface area (Å²) in [6.07, 6.45) is 5.36. The van der Waals surface area contributed by atoms with Crippen LogP contribution in [-0.2, 0) is 11.8 Å². The standard InChI is InChI=1S/C34H44O2/c1-9-12-14-25-19-26(24(5)13-10-2)21-27(20-25)29-17-23(4)18-31(33(29)35)30-22-28(34(6,7)8)15-16-32(30)36-11-3/h15-22,35H,5,9-14H2,1-4,6-8H3. The van der Waals surface area contributed by atoms with E-state index in [9.17, 15) is 5.11 Å². The molecule has 2 nitrogen and oxygen atoms in total. The number of rotatable bonds is 10. The van der Waals surface area contributed by atoms with E-state index in [0.29, 0.717) is 12.4 Å². The third-order valence-corrected chi connectivity index (χ3v) is 6.77. The highest BCUT2D eigenvalue weighted by Gasteiger charge is 2.21. The first-order chi connectivity index (χ1) is 17.1. The molecule has 0 aromatic heterocycles. The second-order valence-electron chi connectivity index (χ2n) is 11.0. The van der Waals surface area contributed by atoms with Crippen LogP contribution in [0.25, 0.3) is 27.8 Å². The summed E-state index contributed by atoms with van der Waals surface area (Å²) >= 11 is 0. The second kappa shape index (κ2) is 11.8. The molecule has 0 radical (unpaired) electrons. The van der Waals surface area contributed by atoms with E-state index >= 15 is 0 Å². The van der Waals surface area contributed by atoms with E-state index in [1.807, 2.05) is 13.0 Å². The van der Waals surface area contributed by atoms with Crippen LogP contribution in [0.15, 0.2) is 55.1 Å². The summed E-state index contributed by atoms with van der Waals surface area (Å²) in [7, 11) is 0. The van der Waals surface area contributed by atoms with Crippen molar-refractivity contribution in [2.24, 2.45) is 0 Å². The predicted octanol–water partition coefficient (Wildman–Crippen LogP) is 9.89. The Morgan fingerprint density at radius 1 is 0.889 bits per heavy atom. The maximum atomic E-state index is 11.7. The first-order valence-electron chi connectivity index (χ1n) is 13.5. The molecule has 0 saturated heterocycles. The summed E-state index contributed by atoms with van der Waals surface area (Å²) in [5, 5.41) is 11.7. The Morgan fingerprint density at radius 2 is 1.61 bits per heavy atom. The van der Waals surface area contributed by atoms with Crippen molar-refractivity contribution < 1.29 is 9.84 Å². The van der Waals surface area contributed by atoms with Crippen molar-refractivity contribution in [3.05, 3.63) is 77.4 Å². The molecule has 0 atom stereocenters. The number of phenolic OH excluding ortho intramolecular Hbond substituents is 1. The lowest BCUT2D eigenvalue weighted by Crippen LogP contribution is -2.11. The first kappa shape index (κ1) is 27.6. The van der Waals surface area contributed by atoms with Gasteiger partial charge in [-0.15, -0.1) is 0 Å². The molecule has 0 saturated carbocycles. The molecule has 0 bridgehead atoms. The Labute approximate surface area is 219 Å². The number of hydrogen-bond acceptors (Lipinski definition) is 2. The van der Waals surface area contributed by atoms with Gasteiger partial charge in [0.25, 0.3) is 0 Å². The zero-order chi connectivity index (χ0) is 26.5. The Hall–Kier alpha value is -3.00. The van der Waals surface area contributed by atoms with Gasteiger partial charge in [0.05, 0.1) is 6.61 Å². The Morgan fingerprint density at radius 3 is 2.25 bits per heavy atom. The number of phenols is 1. The van der Waals surface area contributed by atoms with Gasteiger partial charge >= 0.3 is 0 Å². The monoisotopic (exact) mass is 484 g/mol. The number of hydrogen-bond donors (Lipinski definition) is 1. The molecule has 36 heavy (non-hydrogen) atoms. The van der Waals surface area contributed by atoms with E-state index < -0.39 is 0 Å². The van der Waals surface area contributed by atoms with Crippen molar-refractivity contribution >= 4 is 5.57 Å². The van der Waals surface area contributed by atoms with E-state index in [-0.39, 0.29) is 5.41 Å². The van der Waals surface area contributed by atoms with Crippen molar-refractivity contribution in [1.82, 2.24) is 0 Å². The highest BCUT2D eigenvalue weighted by molar-refractivity contribution is 5.86. The average molecular weight is 485 g/mol. The van der Waals surface area contributed by atoms with E-state index in [0.717, 1.165) is 71.2 Å². The lowest BCUT2D eigenvalue weighted by Gasteiger charge is -2.22. The highest BCUT2D eigenvalue weighted by Crippen LogP contribution is 2.44. The average Bonchev–Trinajstić information content (AvgIpc) is 2.83. The summed E-state index contributed by atoms with van der Waals surface area (Å²) < 4.78 is 6.02. The number of ether oxygens (including phenoxy) is 1. The predicted molar refractivity (Wildman–Crippen MR) is 156 cm³/mol. The summed E-state index contributed by atoms with van der Waals surface area (Å²) in [6.45, 7) is 20.1. The molecule has 3 rings (SSSR count). The number of aryl methyl sites for hydroxylation is 2. The van der Waals surface area contributed by atoms with Crippen LogP contribution in [-0.4, -0.2) is 11.7 Å². The summed E-state index contributed by atoms with van der Waals surface area (Å²) in [6, 6.07) is 17.2. The lowest BCUT2D eigenvalue weighted by molar-refractivity contribution is 0.341. The molecule has 0 fully saturated rings. The lowest BCUT2D eigenvalue weighted by atomic mass is 9.84. The van der Waals surface area contributed by atoms with Gasteiger partial charge in [-0.25, -0.2) is 0 Å². The SMILES string of the molecule is C=C(CCC)c1cc(CCCC)cc(-c2cc(C)cc(-c3cc(C(C)(C)C)ccc3OCC)c2O)c1. The Kier molecular flexibility index (Phi) is 9.06. The Balaban J connectivity index is 2.24. The maximum Gasteiger partial charge on any atom is 0.131 e. The Bertz CT molecular complexity index is 1210. The molecule has 3 aromatic rings. The van der Waals surface area contributed by atoms with Crippen LogP contribution in [0.1, 0.15) is 89.5 Å². The van der Waals surface area contributed by atoms with Crippen LogP contribution in [0, 0.1) is 6.92 Å². The molecule has 0 aliphatic rings. The normalized spacial score (nSPS) is 11.5. The molecule has 2 heteroatoms. The quantitative estimate of drug-likeness (QED) is 0.310. The zero-order valence-corrected chi connectivity index (χ0v) is 23.4. The van der Waals surface area contributed by atoms with E-state index in [1.54, 1.807) is 0 Å². The van der Waals surface area contributed by atoms with Crippen LogP contribution in [0.2, 0.25) is 0 Å². The minimum atomic E-state index is -0.0100. The number of aromatic hydroxyl groups is 1. The van der Waals surface area contributed by atoms with Crippen LogP contribution >= 0.6 is 0 Å². The summed E-state index contributed by atoms with van der Waals surface area (Å²) in [5.41, 5.74) is 9.58. The fourth-order valence-corrected chi connectivity index (χ4v) is 4.72. The van der Waals surface area contributed by atoms with Crippen molar-refractivity contribution in [1.29, 1.82) is 0 Å². The van der Waals surface area contributed by atoms with Gasteiger partial charge in [0, 0.05) is 16.7 Å². The highest BCUT2D eigenvalue weighted by atomic mass is 16.5. The van der Waals surface area contributed by atoms with Crippen molar-refractivity contribution in [2.45, 2.75) is 86.0 Å². The van der Waals surface area contributed by atoms with Gasteiger partial charge in [0.2, 0.25) is 0 Å². The van der Waals surface area contributed by atoms with E-state index in [4.69, 9.17) is 4.74 Å². The van der Waals surface area contributed by atoms with Crippen LogP contribution in [0.3, 0.4) is 0 Å². The number of benzene rings is 3. The van der Waals surface area contributed by atoms with E-state index in [2.05, 4.69) is 90.6 Å². The third kappa shape index (κ3) is 6.40. The molecule has 1 N–H and O–H groups in total. The molecular weight excluding hydrogens is 440 g/mol. The topological polar surface area (TPSA) is 29.5 Å². The minimum Gasteiger partial charge on any atom is -0.507 e. The molecule has 0 amide bonds. The molecule has 3 aromatic carbocycles. The van der Waals surface area contributed by atoms with Crippen LogP contribution in [0.5, 0.6) is 11.5 Å². The van der Waals surface area contributed by atoms with Crippen molar-refractivity contribution in [3.8, 4) is 33.8 Å². The van der Waals surface area contributed by atoms with E-state index in [1.165, 1.54) is 16.7 Å².